The van der Waals surface area contributed by atoms with Crippen molar-refractivity contribution in [3.63, 3.8) is 0 Å². The van der Waals surface area contributed by atoms with E-state index < -0.39 is 25.6 Å². The number of halogens is 1. The maximum Gasteiger partial charge on any atom is 0.172 e. The largest absolute Gasteiger partial charge is 0.390 e. The van der Waals surface area contributed by atoms with Crippen molar-refractivity contribution in [2.45, 2.75) is 51.3 Å². The first-order chi connectivity index (χ1) is 6.53. The molecule has 0 rings (SSSR count). The fourth-order valence-corrected chi connectivity index (χ4v) is 3.74. The molecule has 0 fully saturated rings. The number of rotatable bonds is 4. The maximum atomic E-state index is 11.8. The Morgan fingerprint density at radius 2 is 1.67 bits per heavy atom. The summed E-state index contributed by atoms with van der Waals surface area (Å²) in [7, 11) is -3.48. The number of aliphatic hydroxyl groups excluding tert-OH is 1. The molecule has 92 valence electrons. The average molecular weight is 257 g/mol. The lowest BCUT2D eigenvalue weighted by Gasteiger charge is -2.38. The van der Waals surface area contributed by atoms with E-state index in [4.69, 9.17) is 11.6 Å². The summed E-state index contributed by atoms with van der Waals surface area (Å²) in [5.74, 6) is -0.0581. The smallest absolute Gasteiger partial charge is 0.172 e. The van der Waals surface area contributed by atoms with E-state index in [1.165, 1.54) is 6.92 Å². The van der Waals surface area contributed by atoms with E-state index in [1.54, 1.807) is 27.7 Å². The zero-order chi connectivity index (χ0) is 12.5. The van der Waals surface area contributed by atoms with E-state index in [0.29, 0.717) is 0 Å². The standard InChI is InChI=1S/C10H21ClO3S/c1-6-10(11,15(13,14)7-2)8(12)9(3,4)5/h8,12H,6-7H2,1-5H3/t8-,10+/m1/s1. The SMILES string of the molecule is CC[C@@](Cl)([C@H](O)C(C)(C)C)S(=O)(=O)CC. The minimum Gasteiger partial charge on any atom is -0.390 e. The molecule has 0 aliphatic rings. The lowest BCUT2D eigenvalue weighted by Crippen LogP contribution is -2.50. The maximum absolute atomic E-state index is 11.8. The van der Waals surface area contributed by atoms with Crippen LogP contribution in [0.25, 0.3) is 0 Å². The van der Waals surface area contributed by atoms with Crippen LogP contribution in [0.5, 0.6) is 0 Å². The van der Waals surface area contributed by atoms with Gasteiger partial charge in [-0.1, -0.05) is 46.2 Å². The van der Waals surface area contributed by atoms with Crippen molar-refractivity contribution in [3.8, 4) is 0 Å². The molecular weight excluding hydrogens is 236 g/mol. The van der Waals surface area contributed by atoms with Crippen molar-refractivity contribution in [3.05, 3.63) is 0 Å². The molecule has 0 unspecified atom stereocenters. The van der Waals surface area contributed by atoms with Crippen LogP contribution in [0.4, 0.5) is 0 Å². The molecule has 0 amide bonds. The van der Waals surface area contributed by atoms with Gasteiger partial charge < -0.3 is 5.11 Å². The topological polar surface area (TPSA) is 54.4 Å². The summed E-state index contributed by atoms with van der Waals surface area (Å²) in [6, 6.07) is 0. The van der Waals surface area contributed by atoms with Crippen LogP contribution < -0.4 is 0 Å². The number of hydrogen-bond donors (Lipinski definition) is 1. The second-order valence-electron chi connectivity index (χ2n) is 4.81. The van der Waals surface area contributed by atoms with Crippen LogP contribution in [0.2, 0.25) is 0 Å². The van der Waals surface area contributed by atoms with Gasteiger partial charge in [-0.25, -0.2) is 8.42 Å². The van der Waals surface area contributed by atoms with Gasteiger partial charge in [-0.2, -0.15) is 0 Å². The van der Waals surface area contributed by atoms with E-state index in [9.17, 15) is 13.5 Å². The Bertz CT molecular complexity index is 305. The fourth-order valence-electron chi connectivity index (χ4n) is 1.47. The molecule has 1 N–H and O–H groups in total. The van der Waals surface area contributed by atoms with Crippen molar-refractivity contribution < 1.29 is 13.5 Å². The highest BCUT2D eigenvalue weighted by molar-refractivity contribution is 7.94. The Kier molecular flexibility index (Phi) is 4.66. The molecule has 5 heteroatoms. The summed E-state index contributed by atoms with van der Waals surface area (Å²) in [5.41, 5.74) is -0.556. The van der Waals surface area contributed by atoms with Gasteiger partial charge in [0.05, 0.1) is 6.10 Å². The monoisotopic (exact) mass is 256 g/mol. The molecule has 0 heterocycles. The van der Waals surface area contributed by atoms with Crippen LogP contribution in [0, 0.1) is 5.41 Å². The third-order valence-electron chi connectivity index (χ3n) is 2.61. The Labute approximate surface area is 97.7 Å². The molecule has 0 spiro atoms. The fraction of sp³-hybridized carbons (Fsp3) is 1.00. The van der Waals surface area contributed by atoms with Crippen molar-refractivity contribution in [1.82, 2.24) is 0 Å². The first-order valence-corrected chi connectivity index (χ1v) is 7.15. The minimum atomic E-state index is -3.48. The molecule has 0 aromatic rings. The Morgan fingerprint density at radius 1 is 1.27 bits per heavy atom. The van der Waals surface area contributed by atoms with Gasteiger partial charge in [0.1, 0.15) is 0 Å². The number of hydrogen-bond acceptors (Lipinski definition) is 3. The summed E-state index contributed by atoms with van der Waals surface area (Å²) in [6.45, 7) is 8.54. The molecule has 0 bridgehead atoms. The molecule has 0 aromatic heterocycles. The second-order valence-corrected chi connectivity index (χ2v) is 8.25. The molecule has 2 atom stereocenters. The number of sulfone groups is 1. The van der Waals surface area contributed by atoms with E-state index in [0.717, 1.165) is 0 Å². The lowest BCUT2D eigenvalue weighted by molar-refractivity contribution is 0.0468. The molecule has 0 radical (unpaired) electrons. The summed E-state index contributed by atoms with van der Waals surface area (Å²) in [5, 5.41) is 10.1. The van der Waals surface area contributed by atoms with Crippen LogP contribution >= 0.6 is 11.6 Å². The summed E-state index contributed by atoms with van der Waals surface area (Å²) in [4.78, 5) is 0. The second kappa shape index (κ2) is 4.60. The van der Waals surface area contributed by atoms with Crippen molar-refractivity contribution in [1.29, 1.82) is 0 Å². The van der Waals surface area contributed by atoms with E-state index in [-0.39, 0.29) is 12.2 Å². The third-order valence-corrected chi connectivity index (χ3v) is 6.09. The quantitative estimate of drug-likeness (QED) is 0.785. The molecule has 3 nitrogen and oxygen atoms in total. The van der Waals surface area contributed by atoms with Crippen LogP contribution in [-0.4, -0.2) is 29.6 Å². The van der Waals surface area contributed by atoms with Crippen molar-refractivity contribution in [2.24, 2.45) is 5.41 Å². The molecule has 0 saturated heterocycles. The van der Waals surface area contributed by atoms with Crippen LogP contribution in [-0.2, 0) is 9.84 Å². The number of aliphatic hydroxyl groups is 1. The summed E-state index contributed by atoms with van der Waals surface area (Å²) >= 11 is 6.11. The number of alkyl halides is 1. The van der Waals surface area contributed by atoms with E-state index in [1.807, 2.05) is 0 Å². The van der Waals surface area contributed by atoms with Gasteiger partial charge in [0.2, 0.25) is 0 Å². The zero-order valence-electron chi connectivity index (χ0n) is 10.0. The summed E-state index contributed by atoms with van der Waals surface area (Å²) in [6.07, 6.45) is -0.884. The highest BCUT2D eigenvalue weighted by Crippen LogP contribution is 2.39. The van der Waals surface area contributed by atoms with Crippen LogP contribution in [0.1, 0.15) is 41.0 Å². The van der Waals surface area contributed by atoms with Crippen LogP contribution in [0.3, 0.4) is 0 Å². The zero-order valence-corrected chi connectivity index (χ0v) is 11.6. The molecular formula is C10H21ClO3S. The van der Waals surface area contributed by atoms with Crippen molar-refractivity contribution >= 4 is 21.4 Å². The average Bonchev–Trinajstić information content (AvgIpc) is 2.13. The first kappa shape index (κ1) is 15.2. The van der Waals surface area contributed by atoms with Crippen LogP contribution in [0.15, 0.2) is 0 Å². The molecule has 0 aliphatic heterocycles. The highest BCUT2D eigenvalue weighted by Gasteiger charge is 2.50. The van der Waals surface area contributed by atoms with E-state index >= 15 is 0 Å². The normalized spacial score (nSPS) is 19.7. The predicted octanol–water partition coefficient (Wildman–Crippen LogP) is 2.17. The van der Waals surface area contributed by atoms with Gasteiger partial charge in [0.15, 0.2) is 14.0 Å². The Morgan fingerprint density at radius 3 is 1.87 bits per heavy atom. The predicted molar refractivity (Wildman–Crippen MR) is 63.8 cm³/mol. The van der Waals surface area contributed by atoms with Gasteiger partial charge in [0.25, 0.3) is 0 Å². The first-order valence-electron chi connectivity index (χ1n) is 5.12. The van der Waals surface area contributed by atoms with Gasteiger partial charge >= 0.3 is 0 Å². The minimum absolute atomic E-state index is 0.0581. The lowest BCUT2D eigenvalue weighted by atomic mass is 9.86. The Balaban J connectivity index is 5.40. The third kappa shape index (κ3) is 2.86. The Hall–Kier alpha value is 0.200. The van der Waals surface area contributed by atoms with E-state index in [2.05, 4.69) is 0 Å². The molecule has 0 aromatic carbocycles. The highest BCUT2D eigenvalue weighted by atomic mass is 35.5. The molecule has 0 aliphatic carbocycles. The van der Waals surface area contributed by atoms with Crippen molar-refractivity contribution in [2.75, 3.05) is 5.75 Å². The van der Waals surface area contributed by atoms with Gasteiger partial charge in [-0.05, 0) is 11.8 Å². The summed E-state index contributed by atoms with van der Waals surface area (Å²) < 4.78 is 22.1. The molecule has 15 heavy (non-hydrogen) atoms. The van der Waals surface area contributed by atoms with Gasteiger partial charge in [-0.15, -0.1) is 0 Å². The van der Waals surface area contributed by atoms with Gasteiger partial charge in [0, 0.05) is 5.75 Å². The van der Waals surface area contributed by atoms with Gasteiger partial charge in [-0.3, -0.25) is 0 Å². The molecule has 0 saturated carbocycles.